The van der Waals surface area contributed by atoms with Crippen molar-refractivity contribution in [3.8, 4) is 11.4 Å². The minimum atomic E-state index is 0.574. The number of benzene rings is 2. The first-order chi connectivity index (χ1) is 12.8. The van der Waals surface area contributed by atoms with Crippen molar-refractivity contribution in [3.63, 3.8) is 0 Å². The fraction of sp³-hybridized carbons (Fsp3) is 0.105. The Bertz CT molecular complexity index is 1010. The van der Waals surface area contributed by atoms with Gasteiger partial charge in [0.25, 0.3) is 0 Å². The van der Waals surface area contributed by atoms with Crippen LogP contribution in [-0.4, -0.2) is 32.1 Å². The van der Waals surface area contributed by atoms with Gasteiger partial charge in [-0.05, 0) is 36.4 Å². The summed E-state index contributed by atoms with van der Waals surface area (Å²) in [5.41, 5.74) is 1.77. The van der Waals surface area contributed by atoms with E-state index in [0.29, 0.717) is 11.6 Å². The molecular weight excluding hydrogens is 368 g/mol. The molecule has 4 rings (SSSR count). The van der Waals surface area contributed by atoms with Crippen LogP contribution in [0.4, 0.5) is 0 Å². The Labute approximate surface area is 160 Å². The maximum Gasteiger partial charge on any atom is 0.167 e. The highest BCUT2D eigenvalue weighted by atomic mass is 35.5. The Hall–Kier alpha value is -2.57. The minimum Gasteiger partial charge on any atom is -0.493 e. The van der Waals surface area contributed by atoms with Crippen LogP contribution >= 0.6 is 23.4 Å². The molecule has 0 atom stereocenters. The van der Waals surface area contributed by atoms with E-state index in [1.54, 1.807) is 18.1 Å². The molecule has 130 valence electrons. The van der Waals surface area contributed by atoms with Crippen molar-refractivity contribution >= 4 is 34.4 Å². The topological polar surface area (TPSA) is 52.8 Å². The van der Waals surface area contributed by atoms with Crippen molar-refractivity contribution in [2.75, 3.05) is 12.4 Å². The molecule has 2 aromatic carbocycles. The Balaban J connectivity index is 1.45. The zero-order valence-electron chi connectivity index (χ0n) is 13.7. The molecule has 2 aromatic heterocycles. The Kier molecular flexibility index (Phi) is 5.04. The number of halogens is 1. The van der Waals surface area contributed by atoms with Crippen molar-refractivity contribution in [1.82, 2.24) is 19.7 Å². The molecule has 0 bridgehead atoms. The van der Waals surface area contributed by atoms with Gasteiger partial charge in [-0.3, -0.25) is 0 Å². The molecule has 0 aliphatic carbocycles. The summed E-state index contributed by atoms with van der Waals surface area (Å²) in [7, 11) is 0. The van der Waals surface area contributed by atoms with Gasteiger partial charge < -0.3 is 4.74 Å². The average Bonchev–Trinajstić information content (AvgIpc) is 3.12. The lowest BCUT2D eigenvalue weighted by Crippen LogP contribution is -2.01. The molecule has 0 spiro atoms. The second-order valence-corrected chi connectivity index (χ2v) is 6.98. The number of thioether (sulfide) groups is 1. The molecule has 26 heavy (non-hydrogen) atoms. The third-order valence-electron chi connectivity index (χ3n) is 3.73. The summed E-state index contributed by atoms with van der Waals surface area (Å²) in [4.78, 5) is 8.79. The number of aromatic nitrogens is 4. The van der Waals surface area contributed by atoms with E-state index in [4.69, 9.17) is 16.3 Å². The highest BCUT2D eigenvalue weighted by Gasteiger charge is 2.11. The summed E-state index contributed by atoms with van der Waals surface area (Å²) in [6.45, 7) is 0.574. The number of ether oxygens (including phenoxy) is 1. The van der Waals surface area contributed by atoms with Crippen molar-refractivity contribution in [2.24, 2.45) is 0 Å². The molecule has 0 aliphatic heterocycles. The van der Waals surface area contributed by atoms with Crippen LogP contribution in [0.2, 0.25) is 5.02 Å². The van der Waals surface area contributed by atoms with Crippen LogP contribution in [0.25, 0.3) is 16.7 Å². The molecule has 0 saturated heterocycles. The standard InChI is InChI=1S/C19H15ClN4OS/c20-14-6-8-16(9-7-14)25-10-11-26-19-17-12-23-24(18(17)21-13-22-19)15-4-2-1-3-5-15/h1-9,12-13H,10-11H2. The summed E-state index contributed by atoms with van der Waals surface area (Å²) in [6, 6.07) is 17.3. The van der Waals surface area contributed by atoms with Gasteiger partial charge >= 0.3 is 0 Å². The van der Waals surface area contributed by atoms with E-state index in [0.717, 1.165) is 33.2 Å². The van der Waals surface area contributed by atoms with Crippen molar-refractivity contribution < 1.29 is 4.74 Å². The van der Waals surface area contributed by atoms with Crippen LogP contribution in [0.3, 0.4) is 0 Å². The number of hydrogen-bond acceptors (Lipinski definition) is 5. The van der Waals surface area contributed by atoms with Crippen molar-refractivity contribution in [1.29, 1.82) is 0 Å². The Morgan fingerprint density at radius 3 is 2.62 bits per heavy atom. The monoisotopic (exact) mass is 382 g/mol. The lowest BCUT2D eigenvalue weighted by molar-refractivity contribution is 0.344. The molecule has 4 aromatic rings. The fourth-order valence-electron chi connectivity index (χ4n) is 2.52. The Morgan fingerprint density at radius 2 is 1.81 bits per heavy atom. The number of hydrogen-bond donors (Lipinski definition) is 0. The summed E-state index contributed by atoms with van der Waals surface area (Å²) in [5, 5.41) is 7.00. The van der Waals surface area contributed by atoms with Crippen LogP contribution in [-0.2, 0) is 0 Å². The van der Waals surface area contributed by atoms with Crippen LogP contribution in [0.15, 0.2) is 72.1 Å². The van der Waals surface area contributed by atoms with E-state index in [9.17, 15) is 0 Å². The van der Waals surface area contributed by atoms with Gasteiger partial charge in [0.05, 0.1) is 23.9 Å². The Morgan fingerprint density at radius 1 is 1.00 bits per heavy atom. The molecule has 0 aliphatic rings. The predicted molar refractivity (Wildman–Crippen MR) is 104 cm³/mol. The first-order valence-electron chi connectivity index (χ1n) is 8.06. The molecule has 7 heteroatoms. The molecule has 0 unspecified atom stereocenters. The lowest BCUT2D eigenvalue weighted by atomic mass is 10.3. The maximum atomic E-state index is 5.87. The summed E-state index contributed by atoms with van der Waals surface area (Å²) >= 11 is 7.50. The van der Waals surface area contributed by atoms with E-state index >= 15 is 0 Å². The third kappa shape index (κ3) is 3.66. The van der Waals surface area contributed by atoms with E-state index < -0.39 is 0 Å². The van der Waals surface area contributed by atoms with Crippen LogP contribution < -0.4 is 4.74 Å². The zero-order chi connectivity index (χ0) is 17.8. The van der Waals surface area contributed by atoms with E-state index in [-0.39, 0.29) is 0 Å². The smallest absolute Gasteiger partial charge is 0.167 e. The maximum absolute atomic E-state index is 5.87. The van der Waals surface area contributed by atoms with E-state index in [1.165, 1.54) is 0 Å². The number of fused-ring (bicyclic) bond motifs is 1. The van der Waals surface area contributed by atoms with Crippen molar-refractivity contribution in [2.45, 2.75) is 5.03 Å². The lowest BCUT2D eigenvalue weighted by Gasteiger charge is -2.06. The largest absolute Gasteiger partial charge is 0.493 e. The second-order valence-electron chi connectivity index (χ2n) is 5.46. The van der Waals surface area contributed by atoms with Gasteiger partial charge in [-0.15, -0.1) is 11.8 Å². The molecule has 0 amide bonds. The number of para-hydroxylation sites is 1. The summed E-state index contributed by atoms with van der Waals surface area (Å²) < 4.78 is 7.55. The zero-order valence-corrected chi connectivity index (χ0v) is 15.3. The quantitative estimate of drug-likeness (QED) is 0.276. The van der Waals surface area contributed by atoms with Gasteiger partial charge in [0.1, 0.15) is 17.1 Å². The first-order valence-corrected chi connectivity index (χ1v) is 9.43. The van der Waals surface area contributed by atoms with Gasteiger partial charge in [0, 0.05) is 10.8 Å². The SMILES string of the molecule is Clc1ccc(OCCSc2ncnc3c2cnn3-c2ccccc2)cc1. The molecule has 0 saturated carbocycles. The molecule has 0 fully saturated rings. The third-order valence-corrected chi connectivity index (χ3v) is 4.96. The highest BCUT2D eigenvalue weighted by Crippen LogP contribution is 2.26. The molecular formula is C19H15ClN4OS. The first kappa shape index (κ1) is 16.9. The van der Waals surface area contributed by atoms with Gasteiger partial charge in [-0.2, -0.15) is 5.10 Å². The fourth-order valence-corrected chi connectivity index (χ4v) is 3.43. The predicted octanol–water partition coefficient (Wildman–Crippen LogP) is 4.64. The molecule has 0 N–H and O–H groups in total. The van der Waals surface area contributed by atoms with Crippen molar-refractivity contribution in [3.05, 3.63) is 72.1 Å². The normalized spacial score (nSPS) is 11.0. The summed E-state index contributed by atoms with van der Waals surface area (Å²) in [5.74, 6) is 1.57. The second kappa shape index (κ2) is 7.76. The number of rotatable bonds is 6. The average molecular weight is 383 g/mol. The van der Waals surface area contributed by atoms with Crippen LogP contribution in [0.1, 0.15) is 0 Å². The van der Waals surface area contributed by atoms with Crippen LogP contribution in [0.5, 0.6) is 5.75 Å². The van der Waals surface area contributed by atoms with E-state index in [2.05, 4.69) is 15.1 Å². The minimum absolute atomic E-state index is 0.574. The molecule has 5 nitrogen and oxygen atoms in total. The highest BCUT2D eigenvalue weighted by molar-refractivity contribution is 7.99. The number of nitrogens with zero attached hydrogens (tertiary/aromatic N) is 4. The summed E-state index contributed by atoms with van der Waals surface area (Å²) in [6.07, 6.45) is 3.39. The van der Waals surface area contributed by atoms with Crippen LogP contribution in [0, 0.1) is 0 Å². The molecule has 2 heterocycles. The van der Waals surface area contributed by atoms with E-state index in [1.807, 2.05) is 65.5 Å². The van der Waals surface area contributed by atoms with Gasteiger partial charge in [-0.25, -0.2) is 14.6 Å². The van der Waals surface area contributed by atoms with Gasteiger partial charge in [0.15, 0.2) is 5.65 Å². The molecule has 0 radical (unpaired) electrons. The van der Waals surface area contributed by atoms with Gasteiger partial charge in [-0.1, -0.05) is 29.8 Å². The van der Waals surface area contributed by atoms with Gasteiger partial charge in [0.2, 0.25) is 0 Å².